The third-order valence-corrected chi connectivity index (χ3v) is 3.04. The molecule has 0 aliphatic rings. The van der Waals surface area contributed by atoms with Gasteiger partial charge in [0, 0.05) is 15.3 Å². The predicted octanol–water partition coefficient (Wildman–Crippen LogP) is 2.06. The smallest absolute Gasteiger partial charge is 0.234 e. The largest absolute Gasteiger partial charge is 0.350 e. The zero-order valence-electron chi connectivity index (χ0n) is 10.4. The van der Waals surface area contributed by atoms with E-state index < -0.39 is 0 Å². The van der Waals surface area contributed by atoms with E-state index in [-0.39, 0.29) is 11.4 Å². The average Bonchev–Trinajstić information content (AvgIpc) is 2.57. The first-order valence-electron chi connectivity index (χ1n) is 5.44. The molecule has 0 radical (unpaired) electrons. The number of carbonyl (C=O) groups excluding carboxylic acids is 1. The van der Waals surface area contributed by atoms with Gasteiger partial charge >= 0.3 is 0 Å². The summed E-state index contributed by atoms with van der Waals surface area (Å²) in [5, 5.41) is 6.05. The first-order valence-corrected chi connectivity index (χ1v) is 6.25. The Labute approximate surface area is 101 Å². The Kier molecular flexibility index (Phi) is 4.50. The highest BCUT2D eigenvalue weighted by atomic mass is 32.1. The molecule has 0 aliphatic carbocycles. The molecule has 3 nitrogen and oxygen atoms in total. The minimum atomic E-state index is -0.0170. The van der Waals surface area contributed by atoms with Crippen LogP contribution in [0.1, 0.15) is 30.5 Å². The van der Waals surface area contributed by atoms with Crippen LogP contribution in [0.3, 0.4) is 0 Å². The lowest BCUT2D eigenvalue weighted by atomic mass is 10.1. The van der Waals surface area contributed by atoms with E-state index in [9.17, 15) is 4.79 Å². The standard InChI is InChI=1S/C12H20N2OS/c1-9-5-6-10(16-9)7-13-11(15)8-14-12(2,3)4/h5-6,14H,7-8H2,1-4H3,(H,13,15). The van der Waals surface area contributed by atoms with E-state index in [0.29, 0.717) is 13.1 Å². The number of hydrogen-bond donors (Lipinski definition) is 2. The molecule has 0 aliphatic heterocycles. The zero-order valence-corrected chi connectivity index (χ0v) is 11.2. The Balaban J connectivity index is 2.25. The van der Waals surface area contributed by atoms with E-state index in [0.717, 1.165) is 0 Å². The fourth-order valence-electron chi connectivity index (χ4n) is 1.17. The zero-order chi connectivity index (χ0) is 12.2. The average molecular weight is 240 g/mol. The maximum absolute atomic E-state index is 11.5. The number of rotatable bonds is 4. The fraction of sp³-hybridized carbons (Fsp3) is 0.583. The maximum atomic E-state index is 11.5. The van der Waals surface area contributed by atoms with Crippen molar-refractivity contribution in [2.45, 2.75) is 39.8 Å². The molecular weight excluding hydrogens is 220 g/mol. The van der Waals surface area contributed by atoms with Crippen LogP contribution in [0.25, 0.3) is 0 Å². The third kappa shape index (κ3) is 5.28. The molecule has 0 saturated heterocycles. The molecule has 0 bridgehead atoms. The van der Waals surface area contributed by atoms with E-state index in [1.165, 1.54) is 9.75 Å². The summed E-state index contributed by atoms with van der Waals surface area (Å²) in [6.45, 7) is 9.20. The van der Waals surface area contributed by atoms with Crippen molar-refractivity contribution < 1.29 is 4.79 Å². The lowest BCUT2D eigenvalue weighted by Gasteiger charge is -2.19. The second kappa shape index (κ2) is 5.46. The van der Waals surface area contributed by atoms with Gasteiger partial charge < -0.3 is 10.6 Å². The Morgan fingerprint density at radius 1 is 1.38 bits per heavy atom. The van der Waals surface area contributed by atoms with Crippen molar-refractivity contribution in [1.29, 1.82) is 0 Å². The van der Waals surface area contributed by atoms with Crippen molar-refractivity contribution in [3.05, 3.63) is 21.9 Å². The summed E-state index contributed by atoms with van der Waals surface area (Å²) in [5.74, 6) is 0.0426. The minimum absolute atomic E-state index is 0.0170. The van der Waals surface area contributed by atoms with Crippen molar-refractivity contribution in [3.63, 3.8) is 0 Å². The van der Waals surface area contributed by atoms with Gasteiger partial charge in [-0.15, -0.1) is 11.3 Å². The van der Waals surface area contributed by atoms with Crippen molar-refractivity contribution >= 4 is 17.2 Å². The molecule has 4 heteroatoms. The van der Waals surface area contributed by atoms with Crippen LogP contribution in [0, 0.1) is 6.92 Å². The van der Waals surface area contributed by atoms with Gasteiger partial charge in [-0.25, -0.2) is 0 Å². The van der Waals surface area contributed by atoms with Crippen LogP contribution in [0.4, 0.5) is 0 Å². The first kappa shape index (κ1) is 13.2. The Morgan fingerprint density at radius 3 is 2.56 bits per heavy atom. The van der Waals surface area contributed by atoms with Crippen molar-refractivity contribution in [2.24, 2.45) is 0 Å². The summed E-state index contributed by atoms with van der Waals surface area (Å²) in [6.07, 6.45) is 0. The molecule has 1 heterocycles. The van der Waals surface area contributed by atoms with Crippen molar-refractivity contribution in [3.8, 4) is 0 Å². The minimum Gasteiger partial charge on any atom is -0.350 e. The maximum Gasteiger partial charge on any atom is 0.234 e. The van der Waals surface area contributed by atoms with E-state index in [1.54, 1.807) is 11.3 Å². The van der Waals surface area contributed by atoms with E-state index in [2.05, 4.69) is 29.7 Å². The highest BCUT2D eigenvalue weighted by molar-refractivity contribution is 7.11. The molecule has 1 aromatic heterocycles. The van der Waals surface area contributed by atoms with Gasteiger partial charge in [0.2, 0.25) is 5.91 Å². The topological polar surface area (TPSA) is 41.1 Å². The molecule has 0 atom stereocenters. The van der Waals surface area contributed by atoms with E-state index >= 15 is 0 Å². The molecular formula is C12H20N2OS. The molecule has 1 rings (SSSR count). The van der Waals surface area contributed by atoms with Gasteiger partial charge in [0.25, 0.3) is 0 Å². The van der Waals surface area contributed by atoms with Gasteiger partial charge in [-0.2, -0.15) is 0 Å². The normalized spacial score (nSPS) is 11.5. The number of amides is 1. The second-order valence-electron chi connectivity index (χ2n) is 4.89. The predicted molar refractivity (Wildman–Crippen MR) is 68.7 cm³/mol. The Morgan fingerprint density at radius 2 is 2.06 bits per heavy atom. The molecule has 2 N–H and O–H groups in total. The number of nitrogens with one attached hydrogen (secondary N) is 2. The van der Waals surface area contributed by atoms with Crippen LogP contribution in [0.5, 0.6) is 0 Å². The second-order valence-corrected chi connectivity index (χ2v) is 6.27. The number of thiophene rings is 1. The lowest BCUT2D eigenvalue weighted by molar-refractivity contribution is -0.120. The Bertz CT molecular complexity index is 352. The molecule has 0 unspecified atom stereocenters. The number of hydrogen-bond acceptors (Lipinski definition) is 3. The molecule has 0 saturated carbocycles. The van der Waals surface area contributed by atoms with Gasteiger partial charge in [0.15, 0.2) is 0 Å². The van der Waals surface area contributed by atoms with Gasteiger partial charge in [-0.3, -0.25) is 4.79 Å². The summed E-state index contributed by atoms with van der Waals surface area (Å²) < 4.78 is 0. The number of carbonyl (C=O) groups is 1. The molecule has 0 aromatic carbocycles. The number of aryl methyl sites for hydroxylation is 1. The summed E-state index contributed by atoms with van der Waals surface area (Å²) in [7, 11) is 0. The molecule has 0 spiro atoms. The van der Waals surface area contributed by atoms with Crippen LogP contribution < -0.4 is 10.6 Å². The van der Waals surface area contributed by atoms with Crippen LogP contribution in [-0.2, 0) is 11.3 Å². The molecule has 16 heavy (non-hydrogen) atoms. The first-order chi connectivity index (χ1) is 7.37. The SMILES string of the molecule is Cc1ccc(CNC(=O)CNC(C)(C)C)s1. The van der Waals surface area contributed by atoms with Crippen molar-refractivity contribution in [1.82, 2.24) is 10.6 Å². The summed E-state index contributed by atoms with van der Waals surface area (Å²) >= 11 is 1.72. The van der Waals surface area contributed by atoms with Crippen LogP contribution in [-0.4, -0.2) is 18.0 Å². The van der Waals surface area contributed by atoms with Gasteiger partial charge in [-0.05, 0) is 39.8 Å². The lowest BCUT2D eigenvalue weighted by Crippen LogP contribution is -2.43. The monoisotopic (exact) mass is 240 g/mol. The summed E-state index contributed by atoms with van der Waals surface area (Å²) in [6, 6.07) is 4.12. The van der Waals surface area contributed by atoms with Gasteiger partial charge in [0.1, 0.15) is 0 Å². The van der Waals surface area contributed by atoms with Crippen molar-refractivity contribution in [2.75, 3.05) is 6.54 Å². The molecule has 1 amide bonds. The highest BCUT2D eigenvalue weighted by Gasteiger charge is 2.10. The Hall–Kier alpha value is -0.870. The third-order valence-electron chi connectivity index (χ3n) is 2.04. The quantitative estimate of drug-likeness (QED) is 0.846. The van der Waals surface area contributed by atoms with E-state index in [1.807, 2.05) is 20.8 Å². The van der Waals surface area contributed by atoms with Crippen LogP contribution in [0.2, 0.25) is 0 Å². The molecule has 0 fully saturated rings. The van der Waals surface area contributed by atoms with E-state index in [4.69, 9.17) is 0 Å². The molecule has 1 aromatic rings. The summed E-state index contributed by atoms with van der Waals surface area (Å²) in [4.78, 5) is 14.0. The molecule has 90 valence electrons. The van der Waals surface area contributed by atoms with Gasteiger partial charge in [0.05, 0.1) is 13.1 Å². The summed E-state index contributed by atoms with van der Waals surface area (Å²) in [5.41, 5.74) is -0.0170. The van der Waals surface area contributed by atoms with Crippen LogP contribution >= 0.6 is 11.3 Å². The van der Waals surface area contributed by atoms with Gasteiger partial charge in [-0.1, -0.05) is 0 Å². The fourth-order valence-corrected chi connectivity index (χ4v) is 2.00. The van der Waals surface area contributed by atoms with Crippen LogP contribution in [0.15, 0.2) is 12.1 Å². The highest BCUT2D eigenvalue weighted by Crippen LogP contribution is 2.14.